The molecule has 62 valence electrons. The lowest BCUT2D eigenvalue weighted by Crippen LogP contribution is -1.81. The highest BCUT2D eigenvalue weighted by Crippen LogP contribution is 2.31. The molecule has 3 N–H and O–H groups in total. The first-order chi connectivity index (χ1) is 5.77. The monoisotopic (exact) mass is 243 g/mol. The molecule has 0 bridgehead atoms. The average molecular weight is 244 g/mol. The molecule has 0 saturated carbocycles. The zero-order valence-electron chi connectivity index (χ0n) is 6.04. The van der Waals surface area contributed by atoms with Crippen molar-refractivity contribution in [3.05, 3.63) is 21.3 Å². The molecule has 0 atom stereocenters. The summed E-state index contributed by atoms with van der Waals surface area (Å²) in [5, 5.41) is 8.71. The quantitative estimate of drug-likeness (QED) is 0.809. The van der Waals surface area contributed by atoms with Gasteiger partial charge in [-0.2, -0.15) is 5.10 Å². The van der Waals surface area contributed by atoms with E-state index in [1.807, 2.05) is 17.5 Å². The third-order valence-corrected chi connectivity index (χ3v) is 3.19. The Morgan fingerprint density at radius 1 is 1.58 bits per heavy atom. The number of anilines is 1. The third-order valence-electron chi connectivity index (χ3n) is 1.51. The highest BCUT2D eigenvalue weighted by Gasteiger charge is 2.05. The number of nitrogen functional groups attached to an aromatic ring is 1. The molecule has 2 aromatic heterocycles. The Morgan fingerprint density at radius 2 is 2.42 bits per heavy atom. The smallest absolute Gasteiger partial charge is 0.145 e. The predicted molar refractivity (Wildman–Crippen MR) is 54.0 cm³/mol. The molecule has 0 saturated heterocycles. The fraction of sp³-hybridized carbons (Fsp3) is 0. The van der Waals surface area contributed by atoms with Crippen LogP contribution in [0.15, 0.2) is 21.3 Å². The van der Waals surface area contributed by atoms with Crippen LogP contribution in [0.25, 0.3) is 11.3 Å². The molecule has 0 aliphatic rings. The van der Waals surface area contributed by atoms with Gasteiger partial charge in [-0.05, 0) is 27.4 Å². The minimum atomic E-state index is 0.517. The molecule has 5 heteroatoms. The van der Waals surface area contributed by atoms with Crippen molar-refractivity contribution in [2.45, 2.75) is 0 Å². The summed E-state index contributed by atoms with van der Waals surface area (Å²) in [6, 6.07) is 3.83. The summed E-state index contributed by atoms with van der Waals surface area (Å²) in [4.78, 5) is 0. The highest BCUT2D eigenvalue weighted by atomic mass is 79.9. The molecule has 2 rings (SSSR count). The number of H-pyrrole nitrogens is 1. The van der Waals surface area contributed by atoms with Gasteiger partial charge >= 0.3 is 0 Å². The van der Waals surface area contributed by atoms with Gasteiger partial charge in [-0.3, -0.25) is 5.10 Å². The van der Waals surface area contributed by atoms with Crippen LogP contribution in [0.3, 0.4) is 0 Å². The van der Waals surface area contributed by atoms with E-state index in [2.05, 4.69) is 26.1 Å². The molecular weight excluding hydrogens is 238 g/mol. The van der Waals surface area contributed by atoms with E-state index in [0.717, 1.165) is 15.0 Å². The summed E-state index contributed by atoms with van der Waals surface area (Å²) in [5.74, 6) is 0.517. The molecule has 12 heavy (non-hydrogen) atoms. The summed E-state index contributed by atoms with van der Waals surface area (Å²) in [6.07, 6.45) is 0. The number of nitrogens with two attached hydrogens (primary N) is 1. The normalized spacial score (nSPS) is 10.4. The third kappa shape index (κ3) is 1.25. The van der Waals surface area contributed by atoms with Crippen LogP contribution >= 0.6 is 27.3 Å². The van der Waals surface area contributed by atoms with Crippen LogP contribution in [0.1, 0.15) is 0 Å². The summed E-state index contributed by atoms with van der Waals surface area (Å²) < 4.78 is 1.09. The van der Waals surface area contributed by atoms with E-state index in [4.69, 9.17) is 5.73 Å². The van der Waals surface area contributed by atoms with Gasteiger partial charge in [0.1, 0.15) is 5.82 Å². The topological polar surface area (TPSA) is 54.7 Å². The number of nitrogens with zero attached hydrogens (tertiary/aromatic N) is 1. The van der Waals surface area contributed by atoms with Gasteiger partial charge in [0.2, 0.25) is 0 Å². The first-order valence-corrected chi connectivity index (χ1v) is 4.99. The molecule has 0 aromatic carbocycles. The van der Waals surface area contributed by atoms with Crippen LogP contribution in [-0.4, -0.2) is 10.2 Å². The Bertz CT molecular complexity index is 393. The van der Waals surface area contributed by atoms with Crippen molar-refractivity contribution < 1.29 is 0 Å². The van der Waals surface area contributed by atoms with Gasteiger partial charge in [0.25, 0.3) is 0 Å². The van der Waals surface area contributed by atoms with Gasteiger partial charge < -0.3 is 5.73 Å². The second-order valence-corrected chi connectivity index (χ2v) is 4.55. The summed E-state index contributed by atoms with van der Waals surface area (Å²) in [5.41, 5.74) is 7.53. The Morgan fingerprint density at radius 3 is 2.92 bits per heavy atom. The zero-order chi connectivity index (χ0) is 8.55. The van der Waals surface area contributed by atoms with Crippen LogP contribution in [0.5, 0.6) is 0 Å². The van der Waals surface area contributed by atoms with Crippen molar-refractivity contribution in [2.75, 3.05) is 5.73 Å². The fourth-order valence-corrected chi connectivity index (χ4v) is 2.26. The molecule has 0 radical (unpaired) electrons. The predicted octanol–water partition coefficient (Wildman–Crippen LogP) is 2.48. The maximum atomic E-state index is 5.48. The van der Waals surface area contributed by atoms with Crippen molar-refractivity contribution in [1.82, 2.24) is 10.2 Å². The van der Waals surface area contributed by atoms with Crippen molar-refractivity contribution in [3.63, 3.8) is 0 Å². The van der Waals surface area contributed by atoms with Gasteiger partial charge in [0.15, 0.2) is 0 Å². The second kappa shape index (κ2) is 2.91. The van der Waals surface area contributed by atoms with Gasteiger partial charge in [-0.25, -0.2) is 0 Å². The number of aromatic nitrogens is 2. The van der Waals surface area contributed by atoms with Crippen molar-refractivity contribution >= 4 is 33.1 Å². The van der Waals surface area contributed by atoms with Crippen LogP contribution < -0.4 is 5.73 Å². The number of rotatable bonds is 1. The molecule has 0 aliphatic heterocycles. The van der Waals surface area contributed by atoms with Gasteiger partial charge in [-0.1, -0.05) is 0 Å². The van der Waals surface area contributed by atoms with E-state index in [1.54, 1.807) is 11.3 Å². The van der Waals surface area contributed by atoms with Gasteiger partial charge in [0, 0.05) is 11.6 Å². The summed E-state index contributed by atoms with van der Waals surface area (Å²) in [6.45, 7) is 0. The minimum absolute atomic E-state index is 0.517. The number of hydrogen-bond acceptors (Lipinski definition) is 3. The fourth-order valence-electron chi connectivity index (χ4n) is 0.962. The summed E-state index contributed by atoms with van der Waals surface area (Å²) in [7, 11) is 0. The molecular formula is C7H6BrN3S. The molecule has 0 unspecified atom stereocenters. The molecule has 2 heterocycles. The number of hydrogen-bond donors (Lipinski definition) is 2. The van der Waals surface area contributed by atoms with E-state index in [0.29, 0.717) is 5.82 Å². The Hall–Kier alpha value is -0.810. The zero-order valence-corrected chi connectivity index (χ0v) is 8.45. The van der Waals surface area contributed by atoms with E-state index < -0.39 is 0 Å². The van der Waals surface area contributed by atoms with E-state index in [9.17, 15) is 0 Å². The molecule has 0 fully saturated rings. The maximum absolute atomic E-state index is 5.48. The lowest BCUT2D eigenvalue weighted by atomic mass is 10.2. The lowest BCUT2D eigenvalue weighted by molar-refractivity contribution is 1.10. The molecule has 0 aliphatic carbocycles. The number of aromatic amines is 1. The van der Waals surface area contributed by atoms with Crippen LogP contribution in [0.2, 0.25) is 0 Å². The SMILES string of the molecule is Nc1cc(-c2ccsc2Br)[nH]n1. The van der Waals surface area contributed by atoms with Crippen molar-refractivity contribution in [1.29, 1.82) is 0 Å². The Kier molecular flexibility index (Phi) is 1.90. The van der Waals surface area contributed by atoms with Crippen LogP contribution in [-0.2, 0) is 0 Å². The molecule has 3 nitrogen and oxygen atoms in total. The molecule has 2 aromatic rings. The lowest BCUT2D eigenvalue weighted by Gasteiger charge is -1.90. The first kappa shape index (κ1) is 7.82. The van der Waals surface area contributed by atoms with E-state index in [-0.39, 0.29) is 0 Å². The second-order valence-electron chi connectivity index (χ2n) is 2.31. The first-order valence-electron chi connectivity index (χ1n) is 3.31. The number of thiophene rings is 1. The Balaban J connectivity index is 2.50. The van der Waals surface area contributed by atoms with Crippen LogP contribution in [0, 0.1) is 0 Å². The number of halogens is 1. The molecule has 0 spiro atoms. The van der Waals surface area contributed by atoms with Crippen LogP contribution in [0.4, 0.5) is 5.82 Å². The highest BCUT2D eigenvalue weighted by molar-refractivity contribution is 9.11. The summed E-state index contributed by atoms with van der Waals surface area (Å²) >= 11 is 5.08. The van der Waals surface area contributed by atoms with E-state index in [1.165, 1.54) is 0 Å². The van der Waals surface area contributed by atoms with Crippen molar-refractivity contribution in [2.24, 2.45) is 0 Å². The van der Waals surface area contributed by atoms with Gasteiger partial charge in [-0.15, -0.1) is 11.3 Å². The number of nitrogens with one attached hydrogen (secondary N) is 1. The standard InChI is InChI=1S/C7H6BrN3S/c8-7-4(1-2-12-7)5-3-6(9)11-10-5/h1-3H,(H3,9,10,11). The average Bonchev–Trinajstić information content (AvgIpc) is 2.58. The largest absolute Gasteiger partial charge is 0.382 e. The molecule has 0 amide bonds. The van der Waals surface area contributed by atoms with Crippen molar-refractivity contribution in [3.8, 4) is 11.3 Å². The maximum Gasteiger partial charge on any atom is 0.145 e. The Labute approximate surface area is 81.7 Å². The van der Waals surface area contributed by atoms with E-state index >= 15 is 0 Å². The van der Waals surface area contributed by atoms with Gasteiger partial charge in [0.05, 0.1) is 9.48 Å². The minimum Gasteiger partial charge on any atom is -0.382 e.